The van der Waals surface area contributed by atoms with Crippen molar-refractivity contribution >= 4 is 0 Å². The van der Waals surface area contributed by atoms with Gasteiger partial charge in [0.2, 0.25) is 0 Å². The summed E-state index contributed by atoms with van der Waals surface area (Å²) in [6.07, 6.45) is 1.89. The number of hydrogen-bond donors (Lipinski definition) is 0. The van der Waals surface area contributed by atoms with E-state index >= 15 is 0 Å². The maximum Gasteiger partial charge on any atom is 0.139 e. The van der Waals surface area contributed by atoms with E-state index in [9.17, 15) is 0 Å². The summed E-state index contributed by atoms with van der Waals surface area (Å²) in [6.45, 7) is 2.59. The van der Waals surface area contributed by atoms with Crippen LogP contribution in [-0.2, 0) is 11.3 Å². The predicted molar refractivity (Wildman–Crippen MR) is 60.5 cm³/mol. The summed E-state index contributed by atoms with van der Waals surface area (Å²) >= 11 is 0. The molecule has 0 saturated carbocycles. The fraction of sp³-hybridized carbons (Fsp3) is 0.333. The van der Waals surface area contributed by atoms with E-state index in [0.717, 1.165) is 31.1 Å². The lowest BCUT2D eigenvalue weighted by atomic mass is 10.1. The van der Waals surface area contributed by atoms with Crippen molar-refractivity contribution in [3.8, 4) is 5.69 Å². The van der Waals surface area contributed by atoms with Gasteiger partial charge in [-0.05, 0) is 6.07 Å². The van der Waals surface area contributed by atoms with Gasteiger partial charge >= 0.3 is 0 Å². The summed E-state index contributed by atoms with van der Waals surface area (Å²) in [5, 5.41) is 8.17. The van der Waals surface area contributed by atoms with Gasteiger partial charge in [-0.3, -0.25) is 4.90 Å². The fourth-order valence-corrected chi connectivity index (χ4v) is 2.62. The Morgan fingerprint density at radius 3 is 3.24 bits per heavy atom. The second-order valence-electron chi connectivity index (χ2n) is 4.39. The molecule has 5 nitrogen and oxygen atoms in total. The summed E-state index contributed by atoms with van der Waals surface area (Å²) < 4.78 is 7.74. The highest BCUT2D eigenvalue weighted by atomic mass is 16.5. The summed E-state index contributed by atoms with van der Waals surface area (Å²) in [4.78, 5) is 2.32. The lowest BCUT2D eigenvalue weighted by Gasteiger charge is -2.20. The molecule has 3 heterocycles. The average molecular weight is 228 g/mol. The van der Waals surface area contributed by atoms with Gasteiger partial charge in [-0.25, -0.2) is 4.68 Å². The molecule has 4 rings (SSSR count). The van der Waals surface area contributed by atoms with E-state index in [4.69, 9.17) is 4.74 Å². The highest BCUT2D eigenvalue weighted by molar-refractivity contribution is 5.43. The minimum Gasteiger partial charge on any atom is -0.357 e. The monoisotopic (exact) mass is 228 g/mol. The Labute approximate surface area is 98.6 Å². The standard InChI is InChI=1S/C12H12N4O/c1-2-4-11-10(3-1)12-15(5-6-17-12)8-9-7-13-14-16(9)11/h1-4,7,12H,5-6,8H2. The average Bonchev–Trinajstić information content (AvgIpc) is 2.97. The lowest BCUT2D eigenvalue weighted by molar-refractivity contribution is 0.0303. The molecule has 17 heavy (non-hydrogen) atoms. The topological polar surface area (TPSA) is 43.2 Å². The van der Waals surface area contributed by atoms with E-state index in [1.165, 1.54) is 5.56 Å². The van der Waals surface area contributed by atoms with Crippen LogP contribution in [-0.4, -0.2) is 33.0 Å². The van der Waals surface area contributed by atoms with E-state index in [-0.39, 0.29) is 6.23 Å². The number of ether oxygens (including phenoxy) is 1. The second kappa shape index (κ2) is 3.38. The van der Waals surface area contributed by atoms with Crippen LogP contribution in [0.25, 0.3) is 5.69 Å². The van der Waals surface area contributed by atoms with Crippen molar-refractivity contribution in [3.63, 3.8) is 0 Å². The largest absolute Gasteiger partial charge is 0.357 e. The molecule has 1 aromatic carbocycles. The smallest absolute Gasteiger partial charge is 0.139 e. The zero-order valence-corrected chi connectivity index (χ0v) is 9.28. The molecule has 0 bridgehead atoms. The first-order valence-corrected chi connectivity index (χ1v) is 5.78. The highest BCUT2D eigenvalue weighted by Gasteiger charge is 2.33. The second-order valence-corrected chi connectivity index (χ2v) is 4.39. The molecule has 2 aliphatic rings. The zero-order chi connectivity index (χ0) is 11.2. The molecule has 0 aliphatic carbocycles. The fourth-order valence-electron chi connectivity index (χ4n) is 2.62. The molecule has 2 aromatic rings. The van der Waals surface area contributed by atoms with Crippen LogP contribution in [0.3, 0.4) is 0 Å². The number of hydrogen-bond acceptors (Lipinski definition) is 4. The molecule has 5 heteroatoms. The molecule has 86 valence electrons. The van der Waals surface area contributed by atoms with Crippen LogP contribution in [0.15, 0.2) is 30.5 Å². The Bertz CT molecular complexity index is 565. The Balaban J connectivity index is 1.98. The van der Waals surface area contributed by atoms with Gasteiger partial charge < -0.3 is 4.74 Å². The quantitative estimate of drug-likeness (QED) is 0.677. The Morgan fingerprint density at radius 1 is 1.29 bits per heavy atom. The maximum absolute atomic E-state index is 5.83. The van der Waals surface area contributed by atoms with Crippen LogP contribution in [0.4, 0.5) is 0 Å². The molecule has 2 aliphatic heterocycles. The van der Waals surface area contributed by atoms with Crippen LogP contribution in [0.5, 0.6) is 0 Å². The first-order valence-electron chi connectivity index (χ1n) is 5.78. The molecule has 0 radical (unpaired) electrons. The van der Waals surface area contributed by atoms with Gasteiger partial charge in [-0.15, -0.1) is 5.10 Å². The van der Waals surface area contributed by atoms with Gasteiger partial charge in [0.1, 0.15) is 6.23 Å². The molecule has 1 saturated heterocycles. The molecular formula is C12H12N4O. The highest BCUT2D eigenvalue weighted by Crippen LogP contribution is 2.35. The van der Waals surface area contributed by atoms with Crippen molar-refractivity contribution in [3.05, 3.63) is 41.7 Å². The van der Waals surface area contributed by atoms with E-state index in [2.05, 4.69) is 27.3 Å². The number of aromatic nitrogens is 3. The van der Waals surface area contributed by atoms with Crippen LogP contribution >= 0.6 is 0 Å². The van der Waals surface area contributed by atoms with Gasteiger partial charge in [0, 0.05) is 18.7 Å². The first-order chi connectivity index (χ1) is 8.43. The zero-order valence-electron chi connectivity index (χ0n) is 9.28. The third-order valence-corrected chi connectivity index (χ3v) is 3.40. The van der Waals surface area contributed by atoms with Crippen molar-refractivity contribution in [2.45, 2.75) is 12.8 Å². The third kappa shape index (κ3) is 1.26. The molecule has 0 N–H and O–H groups in total. The molecule has 0 spiro atoms. The van der Waals surface area contributed by atoms with Crippen LogP contribution in [0.1, 0.15) is 17.5 Å². The van der Waals surface area contributed by atoms with Gasteiger partial charge in [0.15, 0.2) is 0 Å². The number of rotatable bonds is 0. The summed E-state index contributed by atoms with van der Waals surface area (Å²) in [7, 11) is 0. The third-order valence-electron chi connectivity index (χ3n) is 3.40. The Kier molecular flexibility index (Phi) is 1.86. The SMILES string of the molecule is c1ccc2c(c1)C1OCCN1Cc1cnnn1-2. The number of para-hydroxylation sites is 1. The minimum atomic E-state index is 0.0629. The summed E-state index contributed by atoms with van der Waals surface area (Å²) in [6, 6.07) is 8.24. The molecule has 1 fully saturated rings. The Morgan fingerprint density at radius 2 is 2.24 bits per heavy atom. The van der Waals surface area contributed by atoms with Gasteiger partial charge in [0.25, 0.3) is 0 Å². The van der Waals surface area contributed by atoms with Gasteiger partial charge in [0.05, 0.1) is 24.2 Å². The Hall–Kier alpha value is -1.72. The number of nitrogens with zero attached hydrogens (tertiary/aromatic N) is 4. The number of fused-ring (bicyclic) bond motifs is 5. The first kappa shape index (κ1) is 9.32. The predicted octanol–water partition coefficient (Wildman–Crippen LogP) is 1.11. The summed E-state index contributed by atoms with van der Waals surface area (Å²) in [5.41, 5.74) is 3.37. The lowest BCUT2D eigenvalue weighted by Crippen LogP contribution is -2.22. The molecule has 1 atom stereocenters. The van der Waals surface area contributed by atoms with Gasteiger partial charge in [-0.2, -0.15) is 0 Å². The van der Waals surface area contributed by atoms with E-state index in [1.54, 1.807) is 0 Å². The van der Waals surface area contributed by atoms with Crippen LogP contribution < -0.4 is 0 Å². The van der Waals surface area contributed by atoms with E-state index < -0.39 is 0 Å². The van der Waals surface area contributed by atoms with E-state index in [1.807, 2.05) is 23.0 Å². The van der Waals surface area contributed by atoms with Gasteiger partial charge in [-0.1, -0.05) is 23.4 Å². The van der Waals surface area contributed by atoms with Crippen LogP contribution in [0, 0.1) is 0 Å². The molecular weight excluding hydrogens is 216 g/mol. The van der Waals surface area contributed by atoms with Crippen molar-refractivity contribution in [2.24, 2.45) is 0 Å². The molecule has 0 amide bonds. The summed E-state index contributed by atoms with van der Waals surface area (Å²) in [5.74, 6) is 0. The van der Waals surface area contributed by atoms with Crippen molar-refractivity contribution in [1.29, 1.82) is 0 Å². The van der Waals surface area contributed by atoms with E-state index in [0.29, 0.717) is 0 Å². The van der Waals surface area contributed by atoms with Crippen molar-refractivity contribution in [2.75, 3.05) is 13.2 Å². The normalized spacial score (nSPS) is 22.7. The molecule has 1 unspecified atom stereocenters. The van der Waals surface area contributed by atoms with Crippen LogP contribution in [0.2, 0.25) is 0 Å². The van der Waals surface area contributed by atoms with Crippen molar-refractivity contribution < 1.29 is 4.74 Å². The number of benzene rings is 1. The maximum atomic E-state index is 5.83. The molecule has 1 aromatic heterocycles. The minimum absolute atomic E-state index is 0.0629. The van der Waals surface area contributed by atoms with Crippen molar-refractivity contribution in [1.82, 2.24) is 19.9 Å².